The lowest BCUT2D eigenvalue weighted by Crippen LogP contribution is -2.54. The normalized spacial score (nSPS) is 19.8. The molecule has 1 N–H and O–H groups in total. The van der Waals surface area contributed by atoms with Crippen LogP contribution in [0.4, 0.5) is 0 Å². The Balaban J connectivity index is 2.05. The van der Waals surface area contributed by atoms with Gasteiger partial charge in [-0.15, -0.1) is 0 Å². The molecule has 0 aromatic heterocycles. The van der Waals surface area contributed by atoms with Gasteiger partial charge in [-0.05, 0) is 14.0 Å². The number of carbonyl (C=O) groups is 1. The minimum absolute atomic E-state index is 0.140. The van der Waals surface area contributed by atoms with E-state index < -0.39 is 0 Å². The first-order valence-electron chi connectivity index (χ1n) is 4.68. The first-order chi connectivity index (χ1) is 6.13. The van der Waals surface area contributed by atoms with Gasteiger partial charge in [-0.25, -0.2) is 0 Å². The maximum Gasteiger partial charge on any atom is 0.219 e. The molecule has 0 aliphatic carbocycles. The van der Waals surface area contributed by atoms with Crippen LogP contribution in [0.2, 0.25) is 0 Å². The van der Waals surface area contributed by atoms with E-state index in [4.69, 9.17) is 4.74 Å². The van der Waals surface area contributed by atoms with Gasteiger partial charge >= 0.3 is 0 Å². The Hall–Kier alpha value is -0.610. The highest BCUT2D eigenvalue weighted by molar-refractivity contribution is 5.74. The Bertz CT molecular complexity index is 178. The molecule has 1 aliphatic heterocycles. The van der Waals surface area contributed by atoms with Gasteiger partial charge in [0.05, 0.1) is 12.7 Å². The summed E-state index contributed by atoms with van der Waals surface area (Å²) in [5.74, 6) is 0.140. The molecule has 1 heterocycles. The average Bonchev–Trinajstić information content (AvgIpc) is 2.00. The molecule has 0 aromatic rings. The number of ether oxygens (including phenoxy) is 1. The van der Waals surface area contributed by atoms with Crippen molar-refractivity contribution < 1.29 is 9.53 Å². The van der Waals surface area contributed by atoms with Gasteiger partial charge in [0, 0.05) is 26.1 Å². The molecule has 1 fully saturated rings. The van der Waals surface area contributed by atoms with E-state index in [0.29, 0.717) is 12.6 Å². The molecule has 76 valence electrons. The van der Waals surface area contributed by atoms with Crippen molar-refractivity contribution in [3.63, 3.8) is 0 Å². The van der Waals surface area contributed by atoms with Crippen molar-refractivity contribution in [1.29, 1.82) is 0 Å². The van der Waals surface area contributed by atoms with Gasteiger partial charge < -0.3 is 15.0 Å². The van der Waals surface area contributed by atoms with Crippen molar-refractivity contribution in [1.82, 2.24) is 10.2 Å². The molecular weight excluding hydrogens is 168 g/mol. The van der Waals surface area contributed by atoms with E-state index in [1.165, 1.54) is 0 Å². The molecule has 0 aromatic carbocycles. The summed E-state index contributed by atoms with van der Waals surface area (Å²) in [4.78, 5) is 12.6. The number of amides is 1. The first-order valence-corrected chi connectivity index (χ1v) is 4.68. The summed E-state index contributed by atoms with van der Waals surface area (Å²) in [5.41, 5.74) is 0. The molecule has 0 spiro atoms. The number of hydrogen-bond acceptors (Lipinski definition) is 3. The highest BCUT2D eigenvalue weighted by Gasteiger charge is 2.29. The summed E-state index contributed by atoms with van der Waals surface area (Å²) in [5, 5.41) is 3.10. The molecule has 0 bridgehead atoms. The van der Waals surface area contributed by atoms with E-state index >= 15 is 0 Å². The van der Waals surface area contributed by atoms with Gasteiger partial charge in [0.1, 0.15) is 0 Å². The molecule has 1 unspecified atom stereocenters. The van der Waals surface area contributed by atoms with E-state index in [9.17, 15) is 4.79 Å². The van der Waals surface area contributed by atoms with Crippen LogP contribution in [0.3, 0.4) is 0 Å². The maximum absolute atomic E-state index is 10.8. The third kappa shape index (κ3) is 2.97. The predicted molar refractivity (Wildman–Crippen MR) is 50.5 cm³/mol. The molecule has 4 heteroatoms. The Morgan fingerprint density at radius 3 is 2.77 bits per heavy atom. The van der Waals surface area contributed by atoms with Crippen LogP contribution in [0, 0.1) is 0 Å². The summed E-state index contributed by atoms with van der Waals surface area (Å²) in [6.07, 6.45) is 0.250. The van der Waals surface area contributed by atoms with Crippen LogP contribution in [-0.2, 0) is 9.53 Å². The number of carbonyl (C=O) groups excluding carboxylic acids is 1. The van der Waals surface area contributed by atoms with Crippen LogP contribution in [0.1, 0.15) is 13.8 Å². The molecule has 13 heavy (non-hydrogen) atoms. The third-order valence-corrected chi connectivity index (χ3v) is 2.37. The molecule has 1 rings (SSSR count). The lowest BCUT2D eigenvalue weighted by Gasteiger charge is -2.38. The van der Waals surface area contributed by atoms with Crippen LogP contribution < -0.4 is 5.32 Å². The fraction of sp³-hybridized carbons (Fsp3) is 0.889. The standard InChI is InChI=1S/C9H18N2O2/c1-7(10-3)6-13-9-4-11(5-9)8(2)12/h7,9-10H,4-6H2,1-3H3. The minimum atomic E-state index is 0.140. The summed E-state index contributed by atoms with van der Waals surface area (Å²) in [6.45, 7) is 5.89. The van der Waals surface area contributed by atoms with Crippen molar-refractivity contribution in [3.05, 3.63) is 0 Å². The Morgan fingerprint density at radius 1 is 1.69 bits per heavy atom. The highest BCUT2D eigenvalue weighted by atomic mass is 16.5. The number of nitrogens with one attached hydrogen (secondary N) is 1. The van der Waals surface area contributed by atoms with Crippen molar-refractivity contribution in [2.24, 2.45) is 0 Å². The fourth-order valence-electron chi connectivity index (χ4n) is 1.16. The summed E-state index contributed by atoms with van der Waals surface area (Å²) < 4.78 is 5.55. The lowest BCUT2D eigenvalue weighted by molar-refractivity contribution is -0.142. The number of nitrogens with zero attached hydrogens (tertiary/aromatic N) is 1. The van der Waals surface area contributed by atoms with Gasteiger partial charge in [-0.3, -0.25) is 4.79 Å². The van der Waals surface area contributed by atoms with Crippen molar-refractivity contribution in [2.45, 2.75) is 26.0 Å². The van der Waals surface area contributed by atoms with E-state index in [1.807, 2.05) is 7.05 Å². The largest absolute Gasteiger partial charge is 0.373 e. The van der Waals surface area contributed by atoms with Crippen LogP contribution in [0.15, 0.2) is 0 Å². The molecule has 1 aliphatic rings. The molecule has 1 saturated heterocycles. The maximum atomic E-state index is 10.8. The van der Waals surface area contributed by atoms with Gasteiger partial charge in [-0.2, -0.15) is 0 Å². The lowest BCUT2D eigenvalue weighted by atomic mass is 10.1. The molecule has 0 radical (unpaired) electrons. The topological polar surface area (TPSA) is 41.6 Å². The summed E-state index contributed by atoms with van der Waals surface area (Å²) in [7, 11) is 1.91. The van der Waals surface area contributed by atoms with Crippen molar-refractivity contribution in [2.75, 3.05) is 26.7 Å². The third-order valence-electron chi connectivity index (χ3n) is 2.37. The van der Waals surface area contributed by atoms with Gasteiger partial charge in [0.15, 0.2) is 0 Å². The second kappa shape index (κ2) is 4.58. The Labute approximate surface area is 79.2 Å². The summed E-state index contributed by atoms with van der Waals surface area (Å²) >= 11 is 0. The van der Waals surface area contributed by atoms with Crippen molar-refractivity contribution in [3.8, 4) is 0 Å². The summed E-state index contributed by atoms with van der Waals surface area (Å²) in [6, 6.07) is 0.381. The molecule has 4 nitrogen and oxygen atoms in total. The van der Waals surface area contributed by atoms with Crippen LogP contribution in [0.5, 0.6) is 0 Å². The SMILES string of the molecule is CNC(C)COC1CN(C(C)=O)C1. The second-order valence-electron chi connectivity index (χ2n) is 3.57. The number of likely N-dealkylation sites (tertiary alicyclic amines) is 1. The average molecular weight is 186 g/mol. The molecule has 0 saturated carbocycles. The molecular formula is C9H18N2O2. The number of rotatable bonds is 4. The van der Waals surface area contributed by atoms with E-state index in [2.05, 4.69) is 12.2 Å². The van der Waals surface area contributed by atoms with E-state index in [-0.39, 0.29) is 12.0 Å². The smallest absolute Gasteiger partial charge is 0.219 e. The first kappa shape index (κ1) is 10.5. The number of hydrogen-bond donors (Lipinski definition) is 1. The van der Waals surface area contributed by atoms with E-state index in [1.54, 1.807) is 11.8 Å². The predicted octanol–water partition coefficient (Wildman–Crippen LogP) is -0.158. The number of likely N-dealkylation sites (N-methyl/N-ethyl adjacent to an activating group) is 1. The minimum Gasteiger partial charge on any atom is -0.373 e. The van der Waals surface area contributed by atoms with Gasteiger partial charge in [0.2, 0.25) is 5.91 Å². The monoisotopic (exact) mass is 186 g/mol. The molecule has 1 atom stereocenters. The second-order valence-corrected chi connectivity index (χ2v) is 3.57. The van der Waals surface area contributed by atoms with Crippen LogP contribution in [-0.4, -0.2) is 49.7 Å². The Morgan fingerprint density at radius 2 is 2.31 bits per heavy atom. The van der Waals surface area contributed by atoms with E-state index in [0.717, 1.165) is 13.1 Å². The quantitative estimate of drug-likeness (QED) is 0.663. The van der Waals surface area contributed by atoms with Crippen LogP contribution >= 0.6 is 0 Å². The van der Waals surface area contributed by atoms with Gasteiger partial charge in [0.25, 0.3) is 0 Å². The fourth-order valence-corrected chi connectivity index (χ4v) is 1.16. The zero-order chi connectivity index (χ0) is 9.84. The van der Waals surface area contributed by atoms with Crippen molar-refractivity contribution >= 4 is 5.91 Å². The highest BCUT2D eigenvalue weighted by Crippen LogP contribution is 2.11. The van der Waals surface area contributed by atoms with Crippen LogP contribution in [0.25, 0.3) is 0 Å². The van der Waals surface area contributed by atoms with Gasteiger partial charge in [-0.1, -0.05) is 0 Å². The zero-order valence-electron chi connectivity index (χ0n) is 8.54. The molecule has 1 amide bonds. The Kier molecular flexibility index (Phi) is 3.69. The zero-order valence-corrected chi connectivity index (χ0v) is 8.54.